The van der Waals surface area contributed by atoms with E-state index in [0.717, 1.165) is 30.1 Å². The minimum Gasteiger partial charge on any atom is -0.486 e. The zero-order valence-electron chi connectivity index (χ0n) is 14.4. The third-order valence-electron chi connectivity index (χ3n) is 5.07. The van der Waals surface area contributed by atoms with Crippen LogP contribution < -0.4 is 14.8 Å². The van der Waals surface area contributed by atoms with Gasteiger partial charge in [-0.15, -0.1) is 0 Å². The zero-order chi connectivity index (χ0) is 17.2. The lowest BCUT2D eigenvalue weighted by atomic mass is 9.87. The Kier molecular flexibility index (Phi) is 4.34. The summed E-state index contributed by atoms with van der Waals surface area (Å²) in [6, 6.07) is 5.93. The summed E-state index contributed by atoms with van der Waals surface area (Å²) in [6.45, 7) is 3.37. The summed E-state index contributed by atoms with van der Waals surface area (Å²) in [4.78, 5) is 12.7. The SMILES string of the molecule is CC1CCC(NC(=O)c2cn[nH]c2-c2ccc3c(c2)OCCO3)CC1. The topological polar surface area (TPSA) is 76.2 Å². The number of hydrogen-bond donors (Lipinski definition) is 2. The van der Waals surface area contributed by atoms with Gasteiger partial charge in [0.1, 0.15) is 13.2 Å². The average molecular weight is 341 g/mol. The van der Waals surface area contributed by atoms with E-state index in [1.165, 1.54) is 12.8 Å². The van der Waals surface area contributed by atoms with Crippen molar-refractivity contribution in [1.29, 1.82) is 0 Å². The molecule has 2 N–H and O–H groups in total. The second kappa shape index (κ2) is 6.78. The van der Waals surface area contributed by atoms with Crippen molar-refractivity contribution in [1.82, 2.24) is 15.5 Å². The Morgan fingerprint density at radius 3 is 2.72 bits per heavy atom. The minimum atomic E-state index is -0.0711. The van der Waals surface area contributed by atoms with Gasteiger partial charge < -0.3 is 14.8 Å². The molecule has 4 rings (SSSR count). The van der Waals surface area contributed by atoms with Crippen molar-refractivity contribution in [2.24, 2.45) is 5.92 Å². The predicted molar refractivity (Wildman–Crippen MR) is 93.9 cm³/mol. The van der Waals surface area contributed by atoms with Crippen LogP contribution in [0.2, 0.25) is 0 Å². The molecule has 1 aromatic heterocycles. The summed E-state index contributed by atoms with van der Waals surface area (Å²) in [5.41, 5.74) is 2.14. The number of fused-ring (bicyclic) bond motifs is 1. The Morgan fingerprint density at radius 1 is 1.16 bits per heavy atom. The molecule has 0 bridgehead atoms. The normalized spacial score (nSPS) is 22.4. The van der Waals surface area contributed by atoms with E-state index in [1.807, 2.05) is 18.2 Å². The van der Waals surface area contributed by atoms with Crippen LogP contribution in [0.15, 0.2) is 24.4 Å². The van der Waals surface area contributed by atoms with E-state index >= 15 is 0 Å². The fourth-order valence-electron chi connectivity index (χ4n) is 3.54. The Labute approximate surface area is 146 Å². The van der Waals surface area contributed by atoms with Crippen molar-refractivity contribution in [3.05, 3.63) is 30.0 Å². The first-order valence-corrected chi connectivity index (χ1v) is 8.95. The molecule has 0 atom stereocenters. The van der Waals surface area contributed by atoms with Crippen LogP contribution in [0.25, 0.3) is 11.3 Å². The standard InChI is InChI=1S/C19H23N3O3/c1-12-2-5-14(6-3-12)21-19(23)15-11-20-22-18(15)13-4-7-16-17(10-13)25-9-8-24-16/h4,7,10-12,14H,2-3,5-6,8-9H2,1H3,(H,20,22)(H,21,23). The number of carbonyl (C=O) groups excluding carboxylic acids is 1. The van der Waals surface area contributed by atoms with E-state index in [0.29, 0.717) is 30.2 Å². The Morgan fingerprint density at radius 2 is 1.92 bits per heavy atom. The summed E-state index contributed by atoms with van der Waals surface area (Å²) in [5.74, 6) is 2.12. The van der Waals surface area contributed by atoms with Gasteiger partial charge in [0.2, 0.25) is 0 Å². The molecular weight excluding hydrogens is 318 g/mol. The van der Waals surface area contributed by atoms with Crippen molar-refractivity contribution in [3.63, 3.8) is 0 Å². The van der Waals surface area contributed by atoms with Crippen molar-refractivity contribution >= 4 is 5.91 Å². The lowest BCUT2D eigenvalue weighted by molar-refractivity contribution is 0.0923. The molecule has 132 valence electrons. The number of aromatic amines is 1. The smallest absolute Gasteiger partial charge is 0.255 e. The maximum atomic E-state index is 12.7. The van der Waals surface area contributed by atoms with Crippen LogP contribution in [0.5, 0.6) is 11.5 Å². The molecule has 0 saturated heterocycles. The average Bonchev–Trinajstić information content (AvgIpc) is 3.13. The molecule has 2 heterocycles. The fourth-order valence-corrected chi connectivity index (χ4v) is 3.54. The maximum absolute atomic E-state index is 12.7. The van der Waals surface area contributed by atoms with E-state index in [9.17, 15) is 4.79 Å². The van der Waals surface area contributed by atoms with Gasteiger partial charge in [-0.3, -0.25) is 9.89 Å². The molecule has 0 spiro atoms. The van der Waals surface area contributed by atoms with Crippen LogP contribution in [0.1, 0.15) is 43.0 Å². The van der Waals surface area contributed by atoms with Crippen LogP contribution in [0.3, 0.4) is 0 Å². The van der Waals surface area contributed by atoms with E-state index in [1.54, 1.807) is 6.20 Å². The molecule has 1 aromatic carbocycles. The Bertz CT molecular complexity index is 763. The molecule has 25 heavy (non-hydrogen) atoms. The van der Waals surface area contributed by atoms with E-state index in [2.05, 4.69) is 22.4 Å². The lowest BCUT2D eigenvalue weighted by Crippen LogP contribution is -2.37. The highest BCUT2D eigenvalue weighted by Gasteiger charge is 2.23. The van der Waals surface area contributed by atoms with E-state index < -0.39 is 0 Å². The van der Waals surface area contributed by atoms with E-state index in [4.69, 9.17) is 9.47 Å². The number of ether oxygens (including phenoxy) is 2. The van der Waals surface area contributed by atoms with Crippen LogP contribution in [0, 0.1) is 5.92 Å². The number of nitrogens with zero attached hydrogens (tertiary/aromatic N) is 1. The Balaban J connectivity index is 1.53. The molecule has 1 fully saturated rings. The monoisotopic (exact) mass is 341 g/mol. The van der Waals surface area contributed by atoms with Gasteiger partial charge >= 0.3 is 0 Å². The number of hydrogen-bond acceptors (Lipinski definition) is 4. The van der Waals surface area contributed by atoms with Gasteiger partial charge in [0.25, 0.3) is 5.91 Å². The predicted octanol–water partition coefficient (Wildman–Crippen LogP) is 3.16. The van der Waals surface area contributed by atoms with Gasteiger partial charge in [0.05, 0.1) is 17.5 Å². The molecule has 6 nitrogen and oxygen atoms in total. The summed E-state index contributed by atoms with van der Waals surface area (Å²) in [5, 5.41) is 10.2. The van der Waals surface area contributed by atoms with Crippen LogP contribution in [-0.4, -0.2) is 35.4 Å². The summed E-state index contributed by atoms with van der Waals surface area (Å²) >= 11 is 0. The molecule has 0 unspecified atom stereocenters. The van der Waals surface area contributed by atoms with Crippen molar-refractivity contribution in [3.8, 4) is 22.8 Å². The quantitative estimate of drug-likeness (QED) is 0.899. The molecule has 2 aliphatic rings. The van der Waals surface area contributed by atoms with Crippen LogP contribution in [-0.2, 0) is 0 Å². The maximum Gasteiger partial charge on any atom is 0.255 e. The molecule has 1 amide bonds. The fraction of sp³-hybridized carbons (Fsp3) is 0.474. The highest BCUT2D eigenvalue weighted by molar-refractivity contribution is 6.00. The first-order chi connectivity index (χ1) is 12.2. The van der Waals surface area contributed by atoms with Gasteiger partial charge in [0.15, 0.2) is 11.5 Å². The van der Waals surface area contributed by atoms with Crippen molar-refractivity contribution in [2.75, 3.05) is 13.2 Å². The highest BCUT2D eigenvalue weighted by Crippen LogP contribution is 2.35. The number of H-pyrrole nitrogens is 1. The summed E-state index contributed by atoms with van der Waals surface area (Å²) in [6.07, 6.45) is 6.03. The van der Waals surface area contributed by atoms with Crippen molar-refractivity contribution < 1.29 is 14.3 Å². The van der Waals surface area contributed by atoms with Crippen molar-refractivity contribution in [2.45, 2.75) is 38.6 Å². The number of benzene rings is 1. The molecule has 0 radical (unpaired) electrons. The summed E-state index contributed by atoms with van der Waals surface area (Å²) < 4.78 is 11.2. The second-order valence-electron chi connectivity index (χ2n) is 6.95. The first kappa shape index (κ1) is 16.0. The molecule has 1 aliphatic heterocycles. The highest BCUT2D eigenvalue weighted by atomic mass is 16.6. The molecule has 6 heteroatoms. The molecule has 1 saturated carbocycles. The first-order valence-electron chi connectivity index (χ1n) is 8.95. The second-order valence-corrected chi connectivity index (χ2v) is 6.95. The number of carbonyl (C=O) groups is 1. The number of amides is 1. The Hall–Kier alpha value is -2.50. The van der Waals surface area contributed by atoms with Gasteiger partial charge in [-0.25, -0.2) is 0 Å². The number of aromatic nitrogens is 2. The largest absolute Gasteiger partial charge is 0.486 e. The van der Waals surface area contributed by atoms with E-state index in [-0.39, 0.29) is 11.9 Å². The van der Waals surface area contributed by atoms with Gasteiger partial charge in [-0.2, -0.15) is 5.10 Å². The lowest BCUT2D eigenvalue weighted by Gasteiger charge is -2.26. The molecule has 1 aliphatic carbocycles. The third-order valence-corrected chi connectivity index (χ3v) is 5.07. The van der Waals surface area contributed by atoms with Crippen LogP contribution in [0.4, 0.5) is 0 Å². The van der Waals surface area contributed by atoms with Gasteiger partial charge in [-0.05, 0) is 49.8 Å². The van der Waals surface area contributed by atoms with Gasteiger partial charge in [0, 0.05) is 11.6 Å². The third kappa shape index (κ3) is 3.34. The minimum absolute atomic E-state index is 0.0711. The molecular formula is C19H23N3O3. The summed E-state index contributed by atoms with van der Waals surface area (Å²) in [7, 11) is 0. The van der Waals surface area contributed by atoms with Crippen LogP contribution >= 0.6 is 0 Å². The van der Waals surface area contributed by atoms with Gasteiger partial charge in [-0.1, -0.05) is 6.92 Å². The number of nitrogens with one attached hydrogen (secondary N) is 2. The zero-order valence-corrected chi connectivity index (χ0v) is 14.4. The molecule has 2 aromatic rings. The number of rotatable bonds is 3.